The standard InChI is InChI=1S/C26H24N6O2/c1-16-7-4-5-9-21(16)24-30-26-28-17(2)22(25(33)29-19-8-6-14-27-15-19)23(32(26)31-24)18-10-12-20(34-3)13-11-18/h4-15,23H,1-3H3,(H,29,33)(H,28,30,31). The van der Waals surface area contributed by atoms with Crippen LogP contribution in [0.3, 0.4) is 0 Å². The van der Waals surface area contributed by atoms with Crippen LogP contribution < -0.4 is 15.4 Å². The summed E-state index contributed by atoms with van der Waals surface area (Å²) in [7, 11) is 1.63. The second-order valence-corrected chi connectivity index (χ2v) is 8.05. The Labute approximate surface area is 197 Å². The quantitative estimate of drug-likeness (QED) is 0.460. The fourth-order valence-corrected chi connectivity index (χ4v) is 4.11. The molecule has 0 fully saturated rings. The van der Waals surface area contributed by atoms with Crippen LogP contribution in [-0.2, 0) is 4.79 Å². The fraction of sp³-hybridized carbons (Fsp3) is 0.154. The number of rotatable bonds is 5. The van der Waals surface area contributed by atoms with E-state index in [-0.39, 0.29) is 5.91 Å². The van der Waals surface area contributed by atoms with E-state index in [9.17, 15) is 4.79 Å². The zero-order chi connectivity index (χ0) is 23.7. The molecule has 8 nitrogen and oxygen atoms in total. The number of carbonyl (C=O) groups is 1. The first-order chi connectivity index (χ1) is 16.5. The molecule has 0 aliphatic carbocycles. The van der Waals surface area contributed by atoms with Gasteiger partial charge in [0.2, 0.25) is 5.95 Å². The molecule has 2 N–H and O–H groups in total. The normalized spacial score (nSPS) is 14.9. The second kappa shape index (κ2) is 8.82. The molecule has 0 radical (unpaired) electrons. The van der Waals surface area contributed by atoms with E-state index in [2.05, 4.69) is 15.6 Å². The highest BCUT2D eigenvalue weighted by Crippen LogP contribution is 2.37. The maximum absolute atomic E-state index is 13.5. The molecule has 5 rings (SSSR count). The molecular formula is C26H24N6O2. The molecule has 0 saturated carbocycles. The Morgan fingerprint density at radius 3 is 2.56 bits per heavy atom. The molecule has 0 saturated heterocycles. The van der Waals surface area contributed by atoms with Gasteiger partial charge in [-0.1, -0.05) is 36.4 Å². The van der Waals surface area contributed by atoms with Crippen LogP contribution in [0, 0.1) is 6.92 Å². The third-order valence-electron chi connectivity index (χ3n) is 5.83. The van der Waals surface area contributed by atoms with Crippen LogP contribution in [-0.4, -0.2) is 32.8 Å². The highest BCUT2D eigenvalue weighted by atomic mass is 16.5. The van der Waals surface area contributed by atoms with Crippen LogP contribution in [0.2, 0.25) is 0 Å². The number of aromatic nitrogens is 4. The average molecular weight is 453 g/mol. The van der Waals surface area contributed by atoms with E-state index >= 15 is 0 Å². The van der Waals surface area contributed by atoms with E-state index in [1.807, 2.05) is 62.4 Å². The predicted octanol–water partition coefficient (Wildman–Crippen LogP) is 4.58. The number of nitrogens with one attached hydrogen (secondary N) is 2. The van der Waals surface area contributed by atoms with Gasteiger partial charge >= 0.3 is 0 Å². The van der Waals surface area contributed by atoms with E-state index in [4.69, 9.17) is 14.8 Å². The van der Waals surface area contributed by atoms with Crippen LogP contribution in [0.15, 0.2) is 84.3 Å². The molecule has 1 unspecified atom stereocenters. The molecule has 0 spiro atoms. The molecule has 4 aromatic rings. The van der Waals surface area contributed by atoms with Crippen molar-refractivity contribution in [3.05, 3.63) is 95.5 Å². The molecule has 1 amide bonds. The first-order valence-corrected chi connectivity index (χ1v) is 10.9. The van der Waals surface area contributed by atoms with Gasteiger partial charge in [0.05, 0.1) is 24.6 Å². The van der Waals surface area contributed by atoms with Gasteiger partial charge in [-0.25, -0.2) is 4.68 Å². The number of aryl methyl sites for hydroxylation is 1. The van der Waals surface area contributed by atoms with Crippen molar-refractivity contribution in [3.8, 4) is 17.1 Å². The smallest absolute Gasteiger partial charge is 0.255 e. The van der Waals surface area contributed by atoms with Gasteiger partial charge in [-0.15, -0.1) is 5.10 Å². The van der Waals surface area contributed by atoms with Crippen molar-refractivity contribution in [2.75, 3.05) is 17.7 Å². The van der Waals surface area contributed by atoms with Gasteiger partial charge < -0.3 is 15.4 Å². The lowest BCUT2D eigenvalue weighted by Gasteiger charge is -2.28. The first kappa shape index (κ1) is 21.4. The fourth-order valence-electron chi connectivity index (χ4n) is 4.11. The molecule has 2 aromatic carbocycles. The largest absolute Gasteiger partial charge is 0.497 e. The second-order valence-electron chi connectivity index (χ2n) is 8.05. The van der Waals surface area contributed by atoms with Crippen LogP contribution in [0.4, 0.5) is 11.6 Å². The zero-order valence-electron chi connectivity index (χ0n) is 19.1. The third kappa shape index (κ3) is 3.90. The molecule has 170 valence electrons. The topological polar surface area (TPSA) is 94.0 Å². The molecule has 1 atom stereocenters. The summed E-state index contributed by atoms with van der Waals surface area (Å²) in [6, 6.07) is 18.7. The van der Waals surface area contributed by atoms with Crippen molar-refractivity contribution < 1.29 is 9.53 Å². The van der Waals surface area contributed by atoms with Gasteiger partial charge in [-0.3, -0.25) is 9.78 Å². The summed E-state index contributed by atoms with van der Waals surface area (Å²) in [6.07, 6.45) is 3.28. The van der Waals surface area contributed by atoms with Crippen molar-refractivity contribution in [2.45, 2.75) is 19.9 Å². The number of hydrogen-bond donors (Lipinski definition) is 2. The summed E-state index contributed by atoms with van der Waals surface area (Å²) >= 11 is 0. The van der Waals surface area contributed by atoms with Crippen molar-refractivity contribution in [3.63, 3.8) is 0 Å². The molecule has 8 heteroatoms. The number of amides is 1. The van der Waals surface area contributed by atoms with Crippen molar-refractivity contribution in [2.24, 2.45) is 0 Å². The predicted molar refractivity (Wildman–Crippen MR) is 131 cm³/mol. The van der Waals surface area contributed by atoms with Gasteiger partial charge in [0.1, 0.15) is 11.8 Å². The van der Waals surface area contributed by atoms with Crippen molar-refractivity contribution in [1.82, 2.24) is 19.7 Å². The maximum Gasteiger partial charge on any atom is 0.255 e. The van der Waals surface area contributed by atoms with Gasteiger partial charge in [0.25, 0.3) is 5.91 Å². The molecule has 2 aromatic heterocycles. The Hall–Kier alpha value is -4.46. The monoisotopic (exact) mass is 452 g/mol. The van der Waals surface area contributed by atoms with E-state index in [1.54, 1.807) is 36.3 Å². The number of hydrogen-bond acceptors (Lipinski definition) is 6. The van der Waals surface area contributed by atoms with Crippen LogP contribution >= 0.6 is 0 Å². The minimum absolute atomic E-state index is 0.239. The van der Waals surface area contributed by atoms with Crippen LogP contribution in [0.5, 0.6) is 5.75 Å². The van der Waals surface area contributed by atoms with Gasteiger partial charge in [0, 0.05) is 17.5 Å². The lowest BCUT2D eigenvalue weighted by atomic mass is 9.95. The Kier molecular flexibility index (Phi) is 5.55. The number of allylic oxidation sites excluding steroid dienone is 1. The molecule has 1 aliphatic heterocycles. The maximum atomic E-state index is 13.5. The molecule has 1 aliphatic rings. The number of ether oxygens (including phenoxy) is 1. The van der Waals surface area contributed by atoms with E-state index in [0.717, 1.165) is 22.4 Å². The Balaban J connectivity index is 1.61. The lowest BCUT2D eigenvalue weighted by Crippen LogP contribution is -2.31. The SMILES string of the molecule is COc1ccc(C2C(C(=O)Nc3cccnc3)=C(C)Nc3nc(-c4ccccc4C)nn32)cc1. The summed E-state index contributed by atoms with van der Waals surface area (Å²) in [4.78, 5) is 22.4. The Bertz CT molecular complexity index is 1380. The summed E-state index contributed by atoms with van der Waals surface area (Å²) in [5.74, 6) is 1.67. The zero-order valence-corrected chi connectivity index (χ0v) is 19.1. The third-order valence-corrected chi connectivity index (χ3v) is 5.83. The number of benzene rings is 2. The summed E-state index contributed by atoms with van der Waals surface area (Å²) in [5, 5.41) is 11.1. The van der Waals surface area contributed by atoms with E-state index < -0.39 is 6.04 Å². The van der Waals surface area contributed by atoms with Crippen LogP contribution in [0.1, 0.15) is 24.1 Å². The van der Waals surface area contributed by atoms with Gasteiger partial charge in [-0.05, 0) is 49.2 Å². The van der Waals surface area contributed by atoms with E-state index in [0.29, 0.717) is 28.7 Å². The minimum atomic E-state index is -0.482. The first-order valence-electron chi connectivity index (χ1n) is 10.9. The summed E-state index contributed by atoms with van der Waals surface area (Å²) < 4.78 is 7.10. The van der Waals surface area contributed by atoms with Gasteiger partial charge in [0.15, 0.2) is 5.82 Å². The number of pyridine rings is 1. The minimum Gasteiger partial charge on any atom is -0.497 e. The molecular weight excluding hydrogens is 428 g/mol. The molecule has 34 heavy (non-hydrogen) atoms. The highest BCUT2D eigenvalue weighted by Gasteiger charge is 2.34. The Morgan fingerprint density at radius 1 is 1.06 bits per heavy atom. The van der Waals surface area contributed by atoms with E-state index in [1.165, 1.54) is 0 Å². The number of nitrogens with zero attached hydrogens (tertiary/aromatic N) is 4. The molecule has 0 bridgehead atoms. The lowest BCUT2D eigenvalue weighted by molar-refractivity contribution is -0.113. The molecule has 3 heterocycles. The number of methoxy groups -OCH3 is 1. The van der Waals surface area contributed by atoms with Crippen molar-refractivity contribution >= 4 is 17.5 Å². The highest BCUT2D eigenvalue weighted by molar-refractivity contribution is 6.05. The summed E-state index contributed by atoms with van der Waals surface area (Å²) in [6.45, 7) is 3.90. The van der Waals surface area contributed by atoms with Crippen LogP contribution in [0.25, 0.3) is 11.4 Å². The van der Waals surface area contributed by atoms with Crippen molar-refractivity contribution in [1.29, 1.82) is 0 Å². The van der Waals surface area contributed by atoms with Gasteiger partial charge in [-0.2, -0.15) is 4.98 Å². The number of carbonyl (C=O) groups excluding carboxylic acids is 1. The number of fused-ring (bicyclic) bond motifs is 1. The average Bonchev–Trinajstić information content (AvgIpc) is 3.27. The number of anilines is 2. The summed E-state index contributed by atoms with van der Waals surface area (Å²) in [5.41, 5.74) is 4.78. The Morgan fingerprint density at radius 2 is 1.85 bits per heavy atom.